The van der Waals surface area contributed by atoms with E-state index in [-0.39, 0.29) is 5.82 Å². The van der Waals surface area contributed by atoms with Gasteiger partial charge in [-0.3, -0.25) is 4.90 Å². The van der Waals surface area contributed by atoms with Crippen molar-refractivity contribution in [1.29, 1.82) is 0 Å². The Hall–Kier alpha value is -2.57. The number of aliphatic hydroxyl groups excluding tert-OH is 1. The third-order valence-corrected chi connectivity index (χ3v) is 3.71. The molecule has 24 heavy (non-hydrogen) atoms. The summed E-state index contributed by atoms with van der Waals surface area (Å²) >= 11 is 0. The Morgan fingerprint density at radius 1 is 1.12 bits per heavy atom. The van der Waals surface area contributed by atoms with Gasteiger partial charge >= 0.3 is 0 Å². The zero-order chi connectivity index (χ0) is 16.9. The van der Waals surface area contributed by atoms with Gasteiger partial charge in [0, 0.05) is 6.54 Å². The van der Waals surface area contributed by atoms with Crippen LogP contribution in [0.1, 0.15) is 17.5 Å². The molecule has 5 nitrogen and oxygen atoms in total. The molecule has 0 spiro atoms. The molecule has 1 N–H and O–H groups in total. The maximum absolute atomic E-state index is 12.9. The second-order valence-electron chi connectivity index (χ2n) is 5.71. The summed E-state index contributed by atoms with van der Waals surface area (Å²) in [6.07, 6.45) is 0.987. The van der Waals surface area contributed by atoms with Gasteiger partial charge in [-0.2, -0.15) is 0 Å². The Balaban J connectivity index is 1.60. The molecule has 6 heteroatoms. The van der Waals surface area contributed by atoms with E-state index >= 15 is 0 Å². The summed E-state index contributed by atoms with van der Waals surface area (Å²) in [6.45, 7) is 0.920. The molecule has 1 atom stereocenters. The largest absolute Gasteiger partial charge is 0.387 e. The van der Waals surface area contributed by atoms with Gasteiger partial charge in [0.1, 0.15) is 12.1 Å². The SMILES string of the molecule is CN(Cc1ncn(-c2ccccc2)n1)C[C@@H](O)c1ccc(F)cc1. The van der Waals surface area contributed by atoms with Crippen LogP contribution in [0.25, 0.3) is 5.69 Å². The van der Waals surface area contributed by atoms with Crippen LogP contribution in [0.15, 0.2) is 60.9 Å². The maximum Gasteiger partial charge on any atom is 0.164 e. The average Bonchev–Trinajstić information content (AvgIpc) is 3.04. The number of aromatic nitrogens is 3. The Bertz CT molecular complexity index is 773. The van der Waals surface area contributed by atoms with Gasteiger partial charge in [-0.05, 0) is 36.9 Å². The van der Waals surface area contributed by atoms with Gasteiger partial charge in [-0.1, -0.05) is 30.3 Å². The van der Waals surface area contributed by atoms with Crippen LogP contribution in [-0.2, 0) is 6.54 Å². The van der Waals surface area contributed by atoms with Crippen LogP contribution in [0.5, 0.6) is 0 Å². The molecule has 0 radical (unpaired) electrons. The smallest absolute Gasteiger partial charge is 0.164 e. The molecule has 0 bridgehead atoms. The molecular formula is C18H19FN4O. The lowest BCUT2D eigenvalue weighted by atomic mass is 10.1. The van der Waals surface area contributed by atoms with E-state index in [4.69, 9.17) is 0 Å². The first-order valence-corrected chi connectivity index (χ1v) is 7.70. The molecule has 3 aromatic rings. The second kappa shape index (κ2) is 7.33. The lowest BCUT2D eigenvalue weighted by Crippen LogP contribution is -2.24. The van der Waals surface area contributed by atoms with Gasteiger partial charge < -0.3 is 5.11 Å². The zero-order valence-corrected chi connectivity index (χ0v) is 13.4. The Morgan fingerprint density at radius 3 is 2.54 bits per heavy atom. The predicted molar refractivity (Wildman–Crippen MR) is 89.1 cm³/mol. The number of para-hydroxylation sites is 1. The van der Waals surface area contributed by atoms with Crippen molar-refractivity contribution in [2.75, 3.05) is 13.6 Å². The highest BCUT2D eigenvalue weighted by molar-refractivity contribution is 5.29. The minimum Gasteiger partial charge on any atom is -0.387 e. The Kier molecular flexibility index (Phi) is 4.98. The quantitative estimate of drug-likeness (QED) is 0.756. The first-order valence-electron chi connectivity index (χ1n) is 7.70. The van der Waals surface area contributed by atoms with E-state index in [1.807, 2.05) is 42.3 Å². The third kappa shape index (κ3) is 4.04. The Morgan fingerprint density at radius 2 is 1.83 bits per heavy atom. The number of nitrogens with zero attached hydrogens (tertiary/aromatic N) is 4. The molecule has 0 fully saturated rings. The fraction of sp³-hybridized carbons (Fsp3) is 0.222. The van der Waals surface area contributed by atoms with Crippen molar-refractivity contribution in [1.82, 2.24) is 19.7 Å². The molecule has 0 aliphatic heterocycles. The fourth-order valence-electron chi connectivity index (χ4n) is 2.47. The minimum absolute atomic E-state index is 0.310. The fourth-order valence-corrected chi connectivity index (χ4v) is 2.47. The molecule has 0 amide bonds. The number of hydrogen-bond acceptors (Lipinski definition) is 4. The molecular weight excluding hydrogens is 307 g/mol. The van der Waals surface area contributed by atoms with Gasteiger partial charge in [0.15, 0.2) is 5.82 Å². The number of halogens is 1. The lowest BCUT2D eigenvalue weighted by Gasteiger charge is -2.19. The zero-order valence-electron chi connectivity index (χ0n) is 13.4. The standard InChI is InChI=1S/C18H19FN4O/c1-22(11-17(24)14-7-9-15(19)10-8-14)12-18-20-13-23(21-18)16-5-3-2-4-6-16/h2-10,13,17,24H,11-12H2,1H3/t17-/m1/s1. The van der Waals surface area contributed by atoms with E-state index in [0.717, 1.165) is 5.69 Å². The second-order valence-corrected chi connectivity index (χ2v) is 5.71. The van der Waals surface area contributed by atoms with E-state index in [0.29, 0.717) is 24.5 Å². The van der Waals surface area contributed by atoms with Gasteiger partial charge in [0.25, 0.3) is 0 Å². The summed E-state index contributed by atoms with van der Waals surface area (Å²) in [4.78, 5) is 6.23. The first-order chi connectivity index (χ1) is 11.6. The van der Waals surface area contributed by atoms with Crippen molar-refractivity contribution in [3.05, 3.63) is 78.1 Å². The molecule has 2 aromatic carbocycles. The van der Waals surface area contributed by atoms with Crippen molar-refractivity contribution < 1.29 is 9.50 Å². The number of hydrogen-bond donors (Lipinski definition) is 1. The highest BCUT2D eigenvalue weighted by Crippen LogP contribution is 2.15. The average molecular weight is 326 g/mol. The Labute approximate surface area is 140 Å². The van der Waals surface area contributed by atoms with Crippen LogP contribution in [0.4, 0.5) is 4.39 Å². The predicted octanol–water partition coefficient (Wildman–Crippen LogP) is 2.57. The van der Waals surface area contributed by atoms with Crippen molar-refractivity contribution in [2.45, 2.75) is 12.6 Å². The molecule has 0 aliphatic rings. The summed E-state index contributed by atoms with van der Waals surface area (Å²) in [5, 5.41) is 14.7. The summed E-state index contributed by atoms with van der Waals surface area (Å²) in [5.74, 6) is 0.364. The molecule has 0 unspecified atom stereocenters. The van der Waals surface area contributed by atoms with E-state index in [2.05, 4.69) is 10.1 Å². The molecule has 124 valence electrons. The number of likely N-dealkylation sites (N-methyl/N-ethyl adjacent to an activating group) is 1. The van der Waals surface area contributed by atoms with Crippen LogP contribution in [0, 0.1) is 5.82 Å². The van der Waals surface area contributed by atoms with Crippen molar-refractivity contribution >= 4 is 0 Å². The number of rotatable bonds is 6. The molecule has 3 rings (SSSR count). The van der Waals surface area contributed by atoms with Crippen LogP contribution >= 0.6 is 0 Å². The lowest BCUT2D eigenvalue weighted by molar-refractivity contribution is 0.122. The normalized spacial score (nSPS) is 12.5. The molecule has 1 heterocycles. The van der Waals surface area contributed by atoms with Crippen LogP contribution in [0.3, 0.4) is 0 Å². The van der Waals surface area contributed by atoms with Gasteiger partial charge in [-0.15, -0.1) is 5.10 Å². The summed E-state index contributed by atoms with van der Waals surface area (Å²) in [5.41, 5.74) is 1.64. The van der Waals surface area contributed by atoms with Crippen LogP contribution < -0.4 is 0 Å². The van der Waals surface area contributed by atoms with Crippen molar-refractivity contribution in [3.63, 3.8) is 0 Å². The first kappa shape index (κ1) is 16.3. The topological polar surface area (TPSA) is 54.2 Å². The number of benzene rings is 2. The minimum atomic E-state index is -0.688. The van der Waals surface area contributed by atoms with Crippen LogP contribution in [-0.4, -0.2) is 38.4 Å². The molecule has 0 aliphatic carbocycles. The van der Waals surface area contributed by atoms with E-state index in [1.54, 1.807) is 23.1 Å². The van der Waals surface area contributed by atoms with E-state index < -0.39 is 6.10 Å². The van der Waals surface area contributed by atoms with Crippen molar-refractivity contribution in [3.8, 4) is 5.69 Å². The molecule has 0 saturated heterocycles. The monoisotopic (exact) mass is 326 g/mol. The van der Waals surface area contributed by atoms with Crippen molar-refractivity contribution in [2.24, 2.45) is 0 Å². The van der Waals surface area contributed by atoms with Gasteiger partial charge in [0.2, 0.25) is 0 Å². The third-order valence-electron chi connectivity index (χ3n) is 3.71. The molecule has 1 aromatic heterocycles. The highest BCUT2D eigenvalue weighted by Gasteiger charge is 2.13. The summed E-state index contributed by atoms with van der Waals surface area (Å²) in [6, 6.07) is 15.6. The van der Waals surface area contributed by atoms with E-state index in [1.165, 1.54) is 12.1 Å². The maximum atomic E-state index is 12.9. The highest BCUT2D eigenvalue weighted by atomic mass is 19.1. The van der Waals surface area contributed by atoms with E-state index in [9.17, 15) is 9.50 Å². The van der Waals surface area contributed by atoms with Gasteiger partial charge in [0.05, 0.1) is 18.3 Å². The summed E-state index contributed by atoms with van der Waals surface area (Å²) in [7, 11) is 1.88. The molecule has 0 saturated carbocycles. The number of aliphatic hydroxyl groups is 1. The van der Waals surface area contributed by atoms with Gasteiger partial charge in [-0.25, -0.2) is 14.1 Å². The summed E-state index contributed by atoms with van der Waals surface area (Å²) < 4.78 is 14.7. The van der Waals surface area contributed by atoms with Crippen LogP contribution in [0.2, 0.25) is 0 Å².